The van der Waals surface area contributed by atoms with Gasteiger partial charge in [0, 0.05) is 18.6 Å². The average Bonchev–Trinajstić information content (AvgIpc) is 2.20. The second-order valence-corrected chi connectivity index (χ2v) is 5.49. The summed E-state index contributed by atoms with van der Waals surface area (Å²) in [5, 5.41) is 3.74. The minimum atomic E-state index is 0.620. The lowest BCUT2D eigenvalue weighted by molar-refractivity contribution is 0.232. The highest BCUT2D eigenvalue weighted by Gasteiger charge is 2.20. The molecule has 0 amide bonds. The minimum Gasteiger partial charge on any atom is -0.310 e. The van der Waals surface area contributed by atoms with Gasteiger partial charge >= 0.3 is 0 Å². The molecule has 1 N–H and O–H groups in total. The first-order valence-electron chi connectivity index (χ1n) is 7.14. The zero-order chi connectivity index (χ0) is 12.0. The van der Waals surface area contributed by atoms with E-state index in [2.05, 4.69) is 37.9 Å². The molecule has 1 saturated carbocycles. The van der Waals surface area contributed by atoms with Crippen molar-refractivity contribution in [3.05, 3.63) is 0 Å². The van der Waals surface area contributed by atoms with E-state index in [4.69, 9.17) is 0 Å². The molecule has 0 bridgehead atoms. The van der Waals surface area contributed by atoms with Gasteiger partial charge in [-0.3, -0.25) is 0 Å². The summed E-state index contributed by atoms with van der Waals surface area (Å²) < 4.78 is 0. The van der Waals surface area contributed by atoms with Crippen LogP contribution in [0.5, 0.6) is 0 Å². The third kappa shape index (κ3) is 4.84. The molecule has 0 spiro atoms. The molecule has 96 valence electrons. The van der Waals surface area contributed by atoms with Crippen molar-refractivity contribution in [2.75, 3.05) is 19.6 Å². The summed E-state index contributed by atoms with van der Waals surface area (Å²) in [6.45, 7) is 12.7. The Morgan fingerprint density at radius 3 is 2.19 bits per heavy atom. The van der Waals surface area contributed by atoms with Gasteiger partial charge in [-0.1, -0.05) is 33.1 Å². The van der Waals surface area contributed by atoms with Crippen LogP contribution in [0.15, 0.2) is 0 Å². The molecule has 0 heterocycles. The van der Waals surface area contributed by atoms with Crippen molar-refractivity contribution < 1.29 is 0 Å². The lowest BCUT2D eigenvalue weighted by Gasteiger charge is -2.31. The van der Waals surface area contributed by atoms with Crippen molar-refractivity contribution in [3.63, 3.8) is 0 Å². The summed E-state index contributed by atoms with van der Waals surface area (Å²) >= 11 is 0. The molecular formula is C14H30N2. The Kier molecular flexibility index (Phi) is 6.37. The highest BCUT2D eigenvalue weighted by atomic mass is 15.1. The molecule has 0 saturated heterocycles. The first kappa shape index (κ1) is 14.0. The van der Waals surface area contributed by atoms with E-state index in [1.165, 1.54) is 45.3 Å². The van der Waals surface area contributed by atoms with Crippen molar-refractivity contribution >= 4 is 0 Å². The van der Waals surface area contributed by atoms with Crippen LogP contribution in [0.1, 0.15) is 53.4 Å². The molecule has 16 heavy (non-hydrogen) atoms. The number of likely N-dealkylation sites (N-methyl/N-ethyl adjacent to an activating group) is 1. The molecular weight excluding hydrogens is 196 g/mol. The van der Waals surface area contributed by atoms with Gasteiger partial charge in [0.05, 0.1) is 0 Å². The van der Waals surface area contributed by atoms with Gasteiger partial charge in [0.25, 0.3) is 0 Å². The standard InChI is InChI=1S/C14H30N2/c1-5-16(6-2)11-13(4)15-12(3)10-14-8-7-9-14/h12-15H,5-11H2,1-4H3. The van der Waals surface area contributed by atoms with Crippen molar-refractivity contribution in [2.45, 2.75) is 65.5 Å². The van der Waals surface area contributed by atoms with Crippen LogP contribution in [-0.2, 0) is 0 Å². The second-order valence-electron chi connectivity index (χ2n) is 5.49. The number of nitrogens with zero attached hydrogens (tertiary/aromatic N) is 1. The lowest BCUT2D eigenvalue weighted by Crippen LogP contribution is -2.43. The van der Waals surface area contributed by atoms with E-state index < -0.39 is 0 Å². The maximum absolute atomic E-state index is 3.74. The van der Waals surface area contributed by atoms with Gasteiger partial charge in [0.2, 0.25) is 0 Å². The number of hydrogen-bond acceptors (Lipinski definition) is 2. The van der Waals surface area contributed by atoms with Gasteiger partial charge in [-0.15, -0.1) is 0 Å². The Morgan fingerprint density at radius 2 is 1.75 bits per heavy atom. The molecule has 2 atom stereocenters. The molecule has 2 nitrogen and oxygen atoms in total. The molecule has 1 aliphatic carbocycles. The summed E-state index contributed by atoms with van der Waals surface area (Å²) in [6, 6.07) is 1.31. The first-order valence-corrected chi connectivity index (χ1v) is 7.14. The fourth-order valence-corrected chi connectivity index (χ4v) is 2.70. The molecule has 0 aromatic carbocycles. The van der Waals surface area contributed by atoms with E-state index in [0.717, 1.165) is 5.92 Å². The van der Waals surface area contributed by atoms with Crippen LogP contribution in [0.3, 0.4) is 0 Å². The number of rotatable bonds is 8. The third-order valence-electron chi connectivity index (χ3n) is 3.91. The Morgan fingerprint density at radius 1 is 1.12 bits per heavy atom. The van der Waals surface area contributed by atoms with E-state index in [1.54, 1.807) is 0 Å². The Bertz CT molecular complexity index is 174. The van der Waals surface area contributed by atoms with Crippen molar-refractivity contribution in [1.29, 1.82) is 0 Å². The fourth-order valence-electron chi connectivity index (χ4n) is 2.70. The molecule has 0 aromatic rings. The number of hydrogen-bond donors (Lipinski definition) is 1. The SMILES string of the molecule is CCN(CC)CC(C)NC(C)CC1CCC1. The lowest BCUT2D eigenvalue weighted by atomic mass is 9.81. The van der Waals surface area contributed by atoms with Gasteiger partial charge in [-0.25, -0.2) is 0 Å². The summed E-state index contributed by atoms with van der Waals surface area (Å²) in [5.41, 5.74) is 0. The summed E-state index contributed by atoms with van der Waals surface area (Å²) in [7, 11) is 0. The van der Waals surface area contributed by atoms with Gasteiger partial charge in [-0.2, -0.15) is 0 Å². The predicted molar refractivity (Wildman–Crippen MR) is 71.8 cm³/mol. The van der Waals surface area contributed by atoms with Crippen LogP contribution in [0.2, 0.25) is 0 Å². The zero-order valence-corrected chi connectivity index (χ0v) is 11.6. The van der Waals surface area contributed by atoms with Crippen molar-refractivity contribution in [1.82, 2.24) is 10.2 Å². The smallest absolute Gasteiger partial charge is 0.0169 e. The Balaban J connectivity index is 2.13. The number of nitrogens with one attached hydrogen (secondary N) is 1. The van der Waals surface area contributed by atoms with E-state index in [0.29, 0.717) is 12.1 Å². The fraction of sp³-hybridized carbons (Fsp3) is 1.00. The molecule has 2 unspecified atom stereocenters. The molecule has 1 aliphatic rings. The molecule has 2 heteroatoms. The van der Waals surface area contributed by atoms with Crippen LogP contribution in [-0.4, -0.2) is 36.6 Å². The highest BCUT2D eigenvalue weighted by Crippen LogP contribution is 2.30. The molecule has 0 aliphatic heterocycles. The summed E-state index contributed by atoms with van der Waals surface area (Å²) in [5.74, 6) is 1.02. The topological polar surface area (TPSA) is 15.3 Å². The maximum Gasteiger partial charge on any atom is 0.0169 e. The van der Waals surface area contributed by atoms with E-state index in [-0.39, 0.29) is 0 Å². The first-order chi connectivity index (χ1) is 7.65. The van der Waals surface area contributed by atoms with Crippen LogP contribution in [0.4, 0.5) is 0 Å². The second kappa shape index (κ2) is 7.29. The highest BCUT2D eigenvalue weighted by molar-refractivity contribution is 4.77. The van der Waals surface area contributed by atoms with Crippen LogP contribution in [0.25, 0.3) is 0 Å². The van der Waals surface area contributed by atoms with E-state index in [9.17, 15) is 0 Å². The Hall–Kier alpha value is -0.0800. The van der Waals surface area contributed by atoms with Crippen LogP contribution in [0, 0.1) is 5.92 Å². The van der Waals surface area contributed by atoms with E-state index in [1.807, 2.05) is 0 Å². The molecule has 1 fully saturated rings. The quantitative estimate of drug-likeness (QED) is 0.684. The van der Waals surface area contributed by atoms with Crippen LogP contribution >= 0.6 is 0 Å². The van der Waals surface area contributed by atoms with Crippen LogP contribution < -0.4 is 5.32 Å². The monoisotopic (exact) mass is 226 g/mol. The van der Waals surface area contributed by atoms with Gasteiger partial charge < -0.3 is 10.2 Å². The molecule has 0 aromatic heterocycles. The van der Waals surface area contributed by atoms with E-state index >= 15 is 0 Å². The average molecular weight is 226 g/mol. The molecule has 1 rings (SSSR count). The van der Waals surface area contributed by atoms with Gasteiger partial charge in [0.1, 0.15) is 0 Å². The third-order valence-corrected chi connectivity index (χ3v) is 3.91. The molecule has 0 radical (unpaired) electrons. The largest absolute Gasteiger partial charge is 0.310 e. The van der Waals surface area contributed by atoms with Gasteiger partial charge in [-0.05, 0) is 39.3 Å². The normalized spacial score (nSPS) is 20.8. The summed E-state index contributed by atoms with van der Waals surface area (Å²) in [4.78, 5) is 2.49. The summed E-state index contributed by atoms with van der Waals surface area (Å²) in [6.07, 6.45) is 5.78. The van der Waals surface area contributed by atoms with Crippen molar-refractivity contribution in [2.24, 2.45) is 5.92 Å². The van der Waals surface area contributed by atoms with Crippen molar-refractivity contribution in [3.8, 4) is 0 Å². The maximum atomic E-state index is 3.74. The van der Waals surface area contributed by atoms with Gasteiger partial charge in [0.15, 0.2) is 0 Å². The minimum absolute atomic E-state index is 0.620. The predicted octanol–water partition coefficient (Wildman–Crippen LogP) is 2.89. The zero-order valence-electron chi connectivity index (χ0n) is 11.6. The Labute approximate surface area is 102 Å².